The van der Waals surface area contributed by atoms with Crippen LogP contribution >= 0.6 is 11.8 Å². The summed E-state index contributed by atoms with van der Waals surface area (Å²) in [5.41, 5.74) is 2.42. The molecule has 0 spiro atoms. The Bertz CT molecular complexity index is 1160. The number of benzene rings is 1. The quantitative estimate of drug-likeness (QED) is 0.206. The molecule has 9 nitrogen and oxygen atoms in total. The van der Waals surface area contributed by atoms with Crippen LogP contribution in [0.1, 0.15) is 43.7 Å². The largest absolute Gasteiger partial charge is 0.392 e. The highest BCUT2D eigenvalue weighted by molar-refractivity contribution is 7.99. The van der Waals surface area contributed by atoms with Crippen molar-refractivity contribution in [3.05, 3.63) is 48.0 Å². The van der Waals surface area contributed by atoms with Crippen molar-refractivity contribution in [2.75, 3.05) is 17.7 Å². The summed E-state index contributed by atoms with van der Waals surface area (Å²) in [4.78, 5) is 9.48. The van der Waals surface area contributed by atoms with Crippen molar-refractivity contribution in [2.24, 2.45) is 5.92 Å². The second kappa shape index (κ2) is 9.99. The molecule has 0 amide bonds. The fourth-order valence-electron chi connectivity index (χ4n) is 4.70. The van der Waals surface area contributed by atoms with E-state index in [2.05, 4.69) is 46.8 Å². The molecule has 3 aromatic rings. The molecule has 6 atom stereocenters. The Morgan fingerprint density at radius 3 is 2.74 bits per heavy atom. The van der Waals surface area contributed by atoms with E-state index in [1.165, 1.54) is 5.56 Å². The van der Waals surface area contributed by atoms with E-state index in [1.807, 2.05) is 6.07 Å². The third kappa shape index (κ3) is 4.55. The molecular weight excluding hydrogens is 452 g/mol. The number of aliphatic hydroxyl groups is 3. The molecule has 2 fully saturated rings. The molecular formula is C24H30N6O3S. The zero-order valence-corrected chi connectivity index (χ0v) is 19.8. The van der Waals surface area contributed by atoms with Crippen LogP contribution in [-0.4, -0.2) is 70.9 Å². The maximum atomic E-state index is 10.8. The van der Waals surface area contributed by atoms with E-state index in [-0.39, 0.29) is 18.6 Å². The van der Waals surface area contributed by atoms with Gasteiger partial charge in [-0.05, 0) is 24.8 Å². The first-order valence-electron chi connectivity index (χ1n) is 11.8. The second-order valence-corrected chi connectivity index (χ2v) is 10.0. The van der Waals surface area contributed by atoms with Crippen LogP contribution in [-0.2, 0) is 0 Å². The van der Waals surface area contributed by atoms with Gasteiger partial charge in [-0.1, -0.05) is 66.4 Å². The summed E-state index contributed by atoms with van der Waals surface area (Å²) in [6.07, 6.45) is 3.87. The lowest BCUT2D eigenvalue weighted by atomic mass is 10.1. The van der Waals surface area contributed by atoms with Gasteiger partial charge in [-0.25, -0.2) is 14.6 Å². The molecule has 34 heavy (non-hydrogen) atoms. The SMILES string of the molecule is CCCSc1nc(NC2CC2c2ccccc2)c2nnn(C3CC(C=CCO)C(O)C3O)c2n1. The number of aromatic nitrogens is 5. The third-order valence-corrected chi connectivity index (χ3v) is 7.63. The highest BCUT2D eigenvalue weighted by atomic mass is 32.2. The second-order valence-electron chi connectivity index (χ2n) is 8.97. The van der Waals surface area contributed by atoms with Gasteiger partial charge in [0.2, 0.25) is 0 Å². The third-order valence-electron chi connectivity index (χ3n) is 6.58. The summed E-state index contributed by atoms with van der Waals surface area (Å²) in [5, 5.41) is 43.3. The van der Waals surface area contributed by atoms with Crippen LogP contribution in [0.15, 0.2) is 47.6 Å². The summed E-state index contributed by atoms with van der Waals surface area (Å²) < 4.78 is 1.63. The molecule has 2 aromatic heterocycles. The van der Waals surface area contributed by atoms with E-state index in [1.54, 1.807) is 28.6 Å². The molecule has 1 aromatic carbocycles. The molecule has 0 bridgehead atoms. The minimum absolute atomic E-state index is 0.109. The molecule has 6 unspecified atom stereocenters. The number of rotatable bonds is 9. The molecule has 2 aliphatic carbocycles. The van der Waals surface area contributed by atoms with Gasteiger partial charge in [-0.3, -0.25) is 0 Å². The van der Waals surface area contributed by atoms with Crippen LogP contribution in [0.4, 0.5) is 5.82 Å². The first-order chi connectivity index (χ1) is 16.6. The number of anilines is 1. The number of hydrogen-bond donors (Lipinski definition) is 4. The molecule has 0 saturated heterocycles. The molecule has 10 heteroatoms. The Morgan fingerprint density at radius 2 is 1.97 bits per heavy atom. The fraction of sp³-hybridized carbons (Fsp3) is 0.500. The minimum Gasteiger partial charge on any atom is -0.392 e. The number of nitrogens with one attached hydrogen (secondary N) is 1. The standard InChI is InChI=1S/C24H30N6O3S/c1-2-11-34-24-26-22(25-17-13-16(17)14-7-4-3-5-8-14)19-23(27-24)30(29-28-19)18-12-15(9-6-10-31)20(32)21(18)33/h3-9,15-18,20-21,31-33H,2,10-13H2,1H3,(H,25,26,27). The van der Waals surface area contributed by atoms with Gasteiger partial charge in [-0.15, -0.1) is 5.10 Å². The number of hydrogen-bond acceptors (Lipinski definition) is 9. The van der Waals surface area contributed by atoms with Gasteiger partial charge in [0.15, 0.2) is 22.1 Å². The van der Waals surface area contributed by atoms with Crippen molar-refractivity contribution in [2.45, 2.75) is 61.6 Å². The summed E-state index contributed by atoms with van der Waals surface area (Å²) in [6, 6.07) is 10.2. The van der Waals surface area contributed by atoms with Crippen LogP contribution in [0.5, 0.6) is 0 Å². The zero-order valence-electron chi connectivity index (χ0n) is 19.0. The molecule has 4 N–H and O–H groups in total. The maximum absolute atomic E-state index is 10.8. The van der Waals surface area contributed by atoms with Crippen molar-refractivity contribution in [3.8, 4) is 0 Å². The Morgan fingerprint density at radius 1 is 1.15 bits per heavy atom. The van der Waals surface area contributed by atoms with Crippen molar-refractivity contribution in [1.29, 1.82) is 0 Å². The van der Waals surface area contributed by atoms with E-state index >= 15 is 0 Å². The zero-order chi connectivity index (χ0) is 23.7. The van der Waals surface area contributed by atoms with Crippen LogP contribution in [0.3, 0.4) is 0 Å². The lowest BCUT2D eigenvalue weighted by molar-refractivity contribution is 0.0115. The molecule has 2 aliphatic rings. The minimum atomic E-state index is -1.01. The van der Waals surface area contributed by atoms with Gasteiger partial charge >= 0.3 is 0 Å². The number of aliphatic hydroxyl groups excluding tert-OH is 3. The molecule has 180 valence electrons. The molecule has 0 radical (unpaired) electrons. The highest BCUT2D eigenvalue weighted by Gasteiger charge is 2.43. The lowest BCUT2D eigenvalue weighted by Gasteiger charge is -2.17. The van der Waals surface area contributed by atoms with Crippen LogP contribution in [0.2, 0.25) is 0 Å². The fourth-order valence-corrected chi connectivity index (χ4v) is 5.40. The maximum Gasteiger partial charge on any atom is 0.191 e. The van der Waals surface area contributed by atoms with E-state index in [4.69, 9.17) is 15.1 Å². The average molecular weight is 483 g/mol. The molecule has 0 aliphatic heterocycles. The van der Waals surface area contributed by atoms with Crippen LogP contribution in [0, 0.1) is 5.92 Å². The predicted molar refractivity (Wildman–Crippen MR) is 131 cm³/mol. The van der Waals surface area contributed by atoms with Crippen molar-refractivity contribution in [1.82, 2.24) is 25.0 Å². The van der Waals surface area contributed by atoms with E-state index in [0.29, 0.717) is 34.5 Å². The summed E-state index contributed by atoms with van der Waals surface area (Å²) in [5.74, 6) is 1.70. The Balaban J connectivity index is 1.45. The summed E-state index contributed by atoms with van der Waals surface area (Å²) in [6.45, 7) is 2.00. The van der Waals surface area contributed by atoms with Crippen molar-refractivity contribution < 1.29 is 15.3 Å². The first-order valence-corrected chi connectivity index (χ1v) is 12.8. The lowest BCUT2D eigenvalue weighted by Crippen LogP contribution is -2.29. The van der Waals surface area contributed by atoms with Gasteiger partial charge in [0.05, 0.1) is 18.8 Å². The number of fused-ring (bicyclic) bond motifs is 1. The summed E-state index contributed by atoms with van der Waals surface area (Å²) in [7, 11) is 0. The van der Waals surface area contributed by atoms with E-state index < -0.39 is 18.2 Å². The molecule has 2 saturated carbocycles. The number of nitrogens with zero attached hydrogens (tertiary/aromatic N) is 5. The first kappa shape index (κ1) is 23.2. The number of thioether (sulfide) groups is 1. The van der Waals surface area contributed by atoms with Crippen molar-refractivity contribution >= 4 is 28.7 Å². The van der Waals surface area contributed by atoms with Crippen molar-refractivity contribution in [3.63, 3.8) is 0 Å². The van der Waals surface area contributed by atoms with Gasteiger partial charge in [-0.2, -0.15) is 0 Å². The molecule has 5 rings (SSSR count). The summed E-state index contributed by atoms with van der Waals surface area (Å²) >= 11 is 1.58. The Kier molecular flexibility index (Phi) is 6.82. The smallest absolute Gasteiger partial charge is 0.191 e. The van der Waals surface area contributed by atoms with Crippen LogP contribution in [0.25, 0.3) is 11.2 Å². The topological polar surface area (TPSA) is 129 Å². The average Bonchev–Trinajstić information content (AvgIpc) is 3.41. The Labute approximate surface area is 202 Å². The van der Waals surface area contributed by atoms with Gasteiger partial charge < -0.3 is 20.6 Å². The normalized spacial score (nSPS) is 28.7. The van der Waals surface area contributed by atoms with Crippen LogP contribution < -0.4 is 5.32 Å². The van der Waals surface area contributed by atoms with Gasteiger partial charge in [0, 0.05) is 23.6 Å². The molecule has 2 heterocycles. The predicted octanol–water partition coefficient (Wildman–Crippen LogP) is 2.52. The van der Waals surface area contributed by atoms with E-state index in [9.17, 15) is 10.2 Å². The van der Waals surface area contributed by atoms with Gasteiger partial charge in [0.25, 0.3) is 0 Å². The Hall–Kier alpha value is -2.53. The van der Waals surface area contributed by atoms with Gasteiger partial charge in [0.1, 0.15) is 6.10 Å². The highest BCUT2D eigenvalue weighted by Crippen LogP contribution is 2.43. The van der Waals surface area contributed by atoms with E-state index in [0.717, 1.165) is 18.6 Å². The monoisotopic (exact) mass is 482 g/mol.